The molecule has 3 heterocycles. The number of benzene rings is 1. The Labute approximate surface area is 182 Å². The molecule has 9 nitrogen and oxygen atoms in total. The van der Waals surface area contributed by atoms with Crippen molar-refractivity contribution < 1.29 is 33.0 Å². The molecule has 162 valence electrons. The molecule has 0 aliphatic carbocycles. The summed E-state index contributed by atoms with van der Waals surface area (Å²) in [6.07, 6.45) is 0.882. The molecule has 0 spiro atoms. The topological polar surface area (TPSA) is 116 Å². The number of nitrogens with one attached hydrogen (secondary N) is 2. The van der Waals surface area contributed by atoms with Crippen LogP contribution in [0.15, 0.2) is 52.3 Å². The number of rotatable bonds is 6. The number of fused-ring (bicyclic) bond motifs is 1. The quantitative estimate of drug-likeness (QED) is 0.655. The second kappa shape index (κ2) is 8.73. The largest absolute Gasteiger partial charge is 0.478 e. The standard InChI is InChI=1S/C21H19ClN2O7/c1-2-28-20(26)17-13(23-21(27)24-18(17)15-4-3-7-29-15)10-30-19(25)16-9-11-8-12(22)5-6-14(11)31-16/h3-8,16,18H,2,9-10H2,1H3,(H2,23,24,27). The minimum absolute atomic E-state index is 0.0895. The molecule has 0 saturated heterocycles. The third-order valence-electron chi connectivity index (χ3n) is 4.80. The predicted octanol–water partition coefficient (Wildman–Crippen LogP) is 2.65. The number of amides is 2. The molecule has 2 amide bonds. The highest BCUT2D eigenvalue weighted by molar-refractivity contribution is 6.30. The van der Waals surface area contributed by atoms with Crippen LogP contribution in [0.5, 0.6) is 5.75 Å². The van der Waals surface area contributed by atoms with Crippen LogP contribution in [0.25, 0.3) is 0 Å². The maximum absolute atomic E-state index is 12.6. The molecule has 2 N–H and O–H groups in total. The number of halogens is 1. The number of hydrogen-bond acceptors (Lipinski definition) is 7. The molecule has 0 fully saturated rings. The van der Waals surface area contributed by atoms with E-state index >= 15 is 0 Å². The normalized spacial score (nSPS) is 19.7. The maximum atomic E-state index is 12.6. The summed E-state index contributed by atoms with van der Waals surface area (Å²) in [6.45, 7) is 1.44. The van der Waals surface area contributed by atoms with Gasteiger partial charge in [0.2, 0.25) is 0 Å². The van der Waals surface area contributed by atoms with E-state index in [4.69, 9.17) is 30.2 Å². The van der Waals surface area contributed by atoms with Gasteiger partial charge in [-0.3, -0.25) is 0 Å². The van der Waals surface area contributed by atoms with E-state index < -0.39 is 30.1 Å². The van der Waals surface area contributed by atoms with Gasteiger partial charge in [0, 0.05) is 11.4 Å². The van der Waals surface area contributed by atoms with Crippen molar-refractivity contribution in [2.24, 2.45) is 0 Å². The van der Waals surface area contributed by atoms with Crippen molar-refractivity contribution >= 4 is 29.6 Å². The van der Waals surface area contributed by atoms with Crippen molar-refractivity contribution in [2.75, 3.05) is 13.2 Å². The molecule has 2 unspecified atom stereocenters. The molecular weight excluding hydrogens is 428 g/mol. The fourth-order valence-electron chi connectivity index (χ4n) is 3.44. The Hall–Kier alpha value is -3.46. The van der Waals surface area contributed by atoms with E-state index in [0.717, 1.165) is 5.56 Å². The Morgan fingerprint density at radius 1 is 1.26 bits per heavy atom. The summed E-state index contributed by atoms with van der Waals surface area (Å²) in [5.74, 6) is -0.397. The summed E-state index contributed by atoms with van der Waals surface area (Å²) >= 11 is 5.98. The first kappa shape index (κ1) is 20.8. The van der Waals surface area contributed by atoms with Gasteiger partial charge in [0.05, 0.1) is 24.1 Å². The van der Waals surface area contributed by atoms with E-state index in [1.807, 2.05) is 0 Å². The lowest BCUT2D eigenvalue weighted by atomic mass is 10.0. The molecule has 4 rings (SSSR count). The van der Waals surface area contributed by atoms with E-state index in [-0.39, 0.29) is 24.5 Å². The van der Waals surface area contributed by atoms with Crippen molar-refractivity contribution in [1.82, 2.24) is 10.6 Å². The van der Waals surface area contributed by atoms with Gasteiger partial charge in [-0.05, 0) is 42.8 Å². The van der Waals surface area contributed by atoms with Gasteiger partial charge in [-0.1, -0.05) is 11.6 Å². The fourth-order valence-corrected chi connectivity index (χ4v) is 3.63. The number of carbonyl (C=O) groups excluding carboxylic acids is 3. The molecule has 1 aromatic carbocycles. The number of urea groups is 1. The smallest absolute Gasteiger partial charge is 0.348 e. The molecule has 2 atom stereocenters. The van der Waals surface area contributed by atoms with Gasteiger partial charge in [0.15, 0.2) is 6.10 Å². The summed E-state index contributed by atoms with van der Waals surface area (Å²) in [6, 6.07) is 6.88. The fraction of sp³-hybridized carbons (Fsp3) is 0.286. The van der Waals surface area contributed by atoms with Gasteiger partial charge in [0.1, 0.15) is 24.2 Å². The number of carbonyl (C=O) groups is 3. The number of hydrogen-bond donors (Lipinski definition) is 2. The molecule has 1 aromatic heterocycles. The van der Waals surface area contributed by atoms with Crippen molar-refractivity contribution in [3.05, 3.63) is 64.2 Å². The van der Waals surface area contributed by atoms with E-state index in [0.29, 0.717) is 23.0 Å². The third kappa shape index (κ3) is 4.36. The summed E-state index contributed by atoms with van der Waals surface area (Å²) in [4.78, 5) is 37.3. The lowest BCUT2D eigenvalue weighted by Gasteiger charge is -2.27. The Bertz CT molecular complexity index is 1050. The monoisotopic (exact) mass is 446 g/mol. The van der Waals surface area contributed by atoms with Crippen molar-refractivity contribution in [2.45, 2.75) is 25.5 Å². The molecule has 0 radical (unpaired) electrons. The minimum atomic E-state index is -0.884. The van der Waals surface area contributed by atoms with Gasteiger partial charge < -0.3 is 29.3 Å². The van der Waals surface area contributed by atoms with E-state index in [2.05, 4.69) is 10.6 Å². The SMILES string of the molecule is CCOC(=O)C1=C(COC(=O)C2Cc3cc(Cl)ccc3O2)NC(=O)NC1c1ccco1. The maximum Gasteiger partial charge on any atom is 0.348 e. The van der Waals surface area contributed by atoms with Crippen LogP contribution in [0.2, 0.25) is 5.02 Å². The first-order valence-electron chi connectivity index (χ1n) is 9.59. The summed E-state index contributed by atoms with van der Waals surface area (Å²) in [5, 5.41) is 5.68. The first-order chi connectivity index (χ1) is 15.0. The second-order valence-corrected chi connectivity index (χ2v) is 7.27. The molecular formula is C21H19ClN2O7. The highest BCUT2D eigenvalue weighted by Crippen LogP contribution is 2.32. The van der Waals surface area contributed by atoms with Crippen molar-refractivity contribution in [3.8, 4) is 5.75 Å². The zero-order valence-corrected chi connectivity index (χ0v) is 17.2. The highest BCUT2D eigenvalue weighted by atomic mass is 35.5. The van der Waals surface area contributed by atoms with Gasteiger partial charge in [-0.2, -0.15) is 0 Å². The third-order valence-corrected chi connectivity index (χ3v) is 5.03. The number of furan rings is 1. The lowest BCUT2D eigenvalue weighted by Crippen LogP contribution is -2.47. The average molecular weight is 447 g/mol. The molecule has 0 saturated carbocycles. The van der Waals surface area contributed by atoms with E-state index in [1.54, 1.807) is 37.3 Å². The Balaban J connectivity index is 1.53. The van der Waals surface area contributed by atoms with Crippen molar-refractivity contribution in [1.29, 1.82) is 0 Å². The van der Waals surface area contributed by atoms with Gasteiger partial charge in [0.25, 0.3) is 0 Å². The average Bonchev–Trinajstić information content (AvgIpc) is 3.41. The Morgan fingerprint density at radius 2 is 2.10 bits per heavy atom. The van der Waals surface area contributed by atoms with Crippen LogP contribution in [-0.4, -0.2) is 37.3 Å². The molecule has 2 aromatic rings. The van der Waals surface area contributed by atoms with Crippen LogP contribution < -0.4 is 15.4 Å². The van der Waals surface area contributed by atoms with Crippen LogP contribution in [0.4, 0.5) is 4.79 Å². The lowest BCUT2D eigenvalue weighted by molar-refractivity contribution is -0.150. The molecule has 10 heteroatoms. The zero-order valence-electron chi connectivity index (χ0n) is 16.5. The molecule has 2 aliphatic heterocycles. The van der Waals surface area contributed by atoms with Crippen molar-refractivity contribution in [3.63, 3.8) is 0 Å². The summed E-state index contributed by atoms with van der Waals surface area (Å²) < 4.78 is 21.5. The van der Waals surface area contributed by atoms with Crippen LogP contribution in [0.3, 0.4) is 0 Å². The Kier molecular flexibility index (Phi) is 5.85. The number of ether oxygens (including phenoxy) is 3. The molecule has 31 heavy (non-hydrogen) atoms. The second-order valence-electron chi connectivity index (χ2n) is 6.83. The highest BCUT2D eigenvalue weighted by Gasteiger charge is 2.37. The summed E-state index contributed by atoms with van der Waals surface area (Å²) in [5.41, 5.74) is 0.996. The van der Waals surface area contributed by atoms with Crippen LogP contribution in [-0.2, 0) is 25.5 Å². The van der Waals surface area contributed by atoms with Gasteiger partial charge in [-0.15, -0.1) is 0 Å². The molecule has 2 aliphatic rings. The minimum Gasteiger partial charge on any atom is -0.478 e. The zero-order chi connectivity index (χ0) is 22.0. The van der Waals surface area contributed by atoms with E-state index in [1.165, 1.54) is 6.26 Å². The van der Waals surface area contributed by atoms with Gasteiger partial charge >= 0.3 is 18.0 Å². The van der Waals surface area contributed by atoms with Gasteiger partial charge in [-0.25, -0.2) is 14.4 Å². The number of esters is 2. The van der Waals surface area contributed by atoms with Crippen LogP contribution >= 0.6 is 11.6 Å². The summed E-state index contributed by atoms with van der Waals surface area (Å²) in [7, 11) is 0. The Morgan fingerprint density at radius 3 is 2.84 bits per heavy atom. The molecule has 0 bridgehead atoms. The van der Waals surface area contributed by atoms with Crippen LogP contribution in [0, 0.1) is 0 Å². The van der Waals surface area contributed by atoms with E-state index in [9.17, 15) is 14.4 Å². The van der Waals surface area contributed by atoms with Crippen LogP contribution in [0.1, 0.15) is 24.3 Å². The first-order valence-corrected chi connectivity index (χ1v) is 9.97. The predicted molar refractivity (Wildman–Crippen MR) is 107 cm³/mol.